The van der Waals surface area contributed by atoms with Crippen molar-refractivity contribution in [1.29, 1.82) is 0 Å². The molecule has 3 rings (SSSR count). The van der Waals surface area contributed by atoms with E-state index < -0.39 is 0 Å². The summed E-state index contributed by atoms with van der Waals surface area (Å²) in [6.07, 6.45) is 2.53. The van der Waals surface area contributed by atoms with Crippen LogP contribution in [0.5, 0.6) is 5.75 Å². The Morgan fingerprint density at radius 3 is 2.73 bits per heavy atom. The van der Waals surface area contributed by atoms with Crippen molar-refractivity contribution in [1.82, 2.24) is 14.7 Å². The summed E-state index contributed by atoms with van der Waals surface area (Å²) in [6.45, 7) is 5.47. The predicted octanol–water partition coefficient (Wildman–Crippen LogP) is 2.70. The Bertz CT molecular complexity index is 629. The van der Waals surface area contributed by atoms with E-state index in [1.165, 1.54) is 12.8 Å². The lowest BCUT2D eigenvalue weighted by Crippen LogP contribution is -2.32. The zero-order chi connectivity index (χ0) is 15.5. The zero-order valence-electron chi connectivity index (χ0n) is 13.3. The molecule has 2 aromatic rings. The number of nitrogens with two attached hydrogens (primary N) is 1. The van der Waals surface area contributed by atoms with Gasteiger partial charge in [0.15, 0.2) is 0 Å². The lowest BCUT2D eigenvalue weighted by atomic mass is 9.99. The van der Waals surface area contributed by atoms with Crippen LogP contribution in [0.3, 0.4) is 0 Å². The second-order valence-electron chi connectivity index (χ2n) is 6.10. The quantitative estimate of drug-likeness (QED) is 0.943. The van der Waals surface area contributed by atoms with Crippen LogP contribution in [0.1, 0.15) is 25.5 Å². The Kier molecular flexibility index (Phi) is 4.34. The highest BCUT2D eigenvalue weighted by atomic mass is 16.5. The third kappa shape index (κ3) is 3.09. The lowest BCUT2D eigenvalue weighted by Gasteiger charge is -2.29. The number of aromatic nitrogens is 2. The number of ether oxygens (including phenoxy) is 1. The van der Waals surface area contributed by atoms with Crippen molar-refractivity contribution in [2.75, 3.05) is 25.9 Å². The summed E-state index contributed by atoms with van der Waals surface area (Å²) in [4.78, 5) is 2.45. The second kappa shape index (κ2) is 6.40. The SMILES string of the molecule is COc1ccccc1-n1nc(CN2CCC(C)CC2)cc1N. The molecule has 0 bridgehead atoms. The van der Waals surface area contributed by atoms with Gasteiger partial charge in [-0.05, 0) is 44.0 Å². The van der Waals surface area contributed by atoms with E-state index in [-0.39, 0.29) is 0 Å². The molecule has 2 heterocycles. The van der Waals surface area contributed by atoms with Crippen LogP contribution in [0.4, 0.5) is 5.82 Å². The van der Waals surface area contributed by atoms with Crippen LogP contribution in [0, 0.1) is 5.92 Å². The molecule has 118 valence electrons. The van der Waals surface area contributed by atoms with Crippen LogP contribution in [0.25, 0.3) is 5.69 Å². The molecule has 1 aromatic carbocycles. The number of para-hydroxylation sites is 2. The Hall–Kier alpha value is -2.01. The van der Waals surface area contributed by atoms with Crippen molar-refractivity contribution in [3.8, 4) is 11.4 Å². The maximum atomic E-state index is 6.15. The third-order valence-corrected chi connectivity index (χ3v) is 4.36. The standard InChI is InChI=1S/C17H24N4O/c1-13-7-9-20(10-8-13)12-14-11-17(18)21(19-14)15-5-3-4-6-16(15)22-2/h3-6,11,13H,7-10,12,18H2,1-2H3. The summed E-state index contributed by atoms with van der Waals surface area (Å²) < 4.78 is 7.16. The van der Waals surface area contributed by atoms with Gasteiger partial charge < -0.3 is 10.5 Å². The molecule has 1 saturated heterocycles. The van der Waals surface area contributed by atoms with E-state index in [1.807, 2.05) is 30.3 Å². The fourth-order valence-corrected chi connectivity index (χ4v) is 2.97. The summed E-state index contributed by atoms with van der Waals surface area (Å²) in [5.74, 6) is 2.26. The van der Waals surface area contributed by atoms with Crippen LogP contribution >= 0.6 is 0 Å². The molecule has 22 heavy (non-hydrogen) atoms. The maximum absolute atomic E-state index is 6.15. The number of benzene rings is 1. The normalized spacial score (nSPS) is 16.8. The molecule has 1 aliphatic heterocycles. The molecule has 0 unspecified atom stereocenters. The van der Waals surface area contributed by atoms with Crippen molar-refractivity contribution in [2.45, 2.75) is 26.3 Å². The van der Waals surface area contributed by atoms with Gasteiger partial charge in [-0.25, -0.2) is 4.68 Å². The minimum Gasteiger partial charge on any atom is -0.494 e. The van der Waals surface area contributed by atoms with Crippen LogP contribution in [-0.4, -0.2) is 34.9 Å². The van der Waals surface area contributed by atoms with Gasteiger partial charge in [0.25, 0.3) is 0 Å². The fraction of sp³-hybridized carbons (Fsp3) is 0.471. The number of methoxy groups -OCH3 is 1. The smallest absolute Gasteiger partial charge is 0.144 e. The van der Waals surface area contributed by atoms with Gasteiger partial charge >= 0.3 is 0 Å². The Morgan fingerprint density at radius 2 is 2.00 bits per heavy atom. The maximum Gasteiger partial charge on any atom is 0.144 e. The topological polar surface area (TPSA) is 56.3 Å². The van der Waals surface area contributed by atoms with E-state index in [4.69, 9.17) is 10.5 Å². The first kappa shape index (κ1) is 14.9. The van der Waals surface area contributed by atoms with E-state index >= 15 is 0 Å². The van der Waals surface area contributed by atoms with Gasteiger partial charge in [-0.3, -0.25) is 4.90 Å². The number of nitrogens with zero attached hydrogens (tertiary/aromatic N) is 3. The molecule has 5 heteroatoms. The highest BCUT2D eigenvalue weighted by Crippen LogP contribution is 2.25. The summed E-state index contributed by atoms with van der Waals surface area (Å²) >= 11 is 0. The van der Waals surface area contributed by atoms with Crippen molar-refractivity contribution >= 4 is 5.82 Å². The second-order valence-corrected chi connectivity index (χ2v) is 6.10. The number of likely N-dealkylation sites (tertiary alicyclic amines) is 1. The molecule has 0 spiro atoms. The number of rotatable bonds is 4. The summed E-state index contributed by atoms with van der Waals surface area (Å²) in [7, 11) is 1.66. The Morgan fingerprint density at radius 1 is 1.27 bits per heavy atom. The molecule has 5 nitrogen and oxygen atoms in total. The van der Waals surface area contributed by atoms with Crippen LogP contribution in [-0.2, 0) is 6.54 Å². The van der Waals surface area contributed by atoms with E-state index in [9.17, 15) is 0 Å². The van der Waals surface area contributed by atoms with E-state index in [0.29, 0.717) is 5.82 Å². The van der Waals surface area contributed by atoms with Crippen LogP contribution in [0.2, 0.25) is 0 Å². The van der Waals surface area contributed by atoms with Crippen molar-refractivity contribution in [3.05, 3.63) is 36.0 Å². The summed E-state index contributed by atoms with van der Waals surface area (Å²) in [5.41, 5.74) is 8.04. The number of anilines is 1. The first-order valence-corrected chi connectivity index (χ1v) is 7.87. The molecule has 0 saturated carbocycles. The molecule has 1 fully saturated rings. The predicted molar refractivity (Wildman–Crippen MR) is 88.2 cm³/mol. The largest absolute Gasteiger partial charge is 0.494 e. The van der Waals surface area contributed by atoms with Gasteiger partial charge in [0.1, 0.15) is 17.3 Å². The monoisotopic (exact) mass is 300 g/mol. The molecular weight excluding hydrogens is 276 g/mol. The van der Waals surface area contributed by atoms with E-state index in [2.05, 4.69) is 16.9 Å². The van der Waals surface area contributed by atoms with Gasteiger partial charge in [0.2, 0.25) is 0 Å². The summed E-state index contributed by atoms with van der Waals surface area (Å²) in [6, 6.07) is 9.75. The van der Waals surface area contributed by atoms with Crippen molar-refractivity contribution in [2.24, 2.45) is 5.92 Å². The first-order chi connectivity index (χ1) is 10.7. The molecule has 0 aliphatic carbocycles. The lowest BCUT2D eigenvalue weighted by molar-refractivity contribution is 0.183. The molecule has 2 N–H and O–H groups in total. The van der Waals surface area contributed by atoms with Crippen LogP contribution < -0.4 is 10.5 Å². The van der Waals surface area contributed by atoms with Gasteiger partial charge in [-0.2, -0.15) is 5.10 Å². The fourth-order valence-electron chi connectivity index (χ4n) is 2.97. The number of hydrogen-bond acceptors (Lipinski definition) is 4. The Balaban J connectivity index is 1.79. The number of hydrogen-bond donors (Lipinski definition) is 1. The van der Waals surface area contributed by atoms with Crippen molar-refractivity contribution in [3.63, 3.8) is 0 Å². The number of piperidine rings is 1. The highest BCUT2D eigenvalue weighted by Gasteiger charge is 2.18. The van der Waals surface area contributed by atoms with E-state index in [0.717, 1.165) is 42.7 Å². The summed E-state index contributed by atoms with van der Waals surface area (Å²) in [5, 5.41) is 4.67. The molecule has 0 atom stereocenters. The minimum atomic E-state index is 0.643. The van der Waals surface area contributed by atoms with E-state index in [1.54, 1.807) is 11.8 Å². The van der Waals surface area contributed by atoms with Gasteiger partial charge in [-0.15, -0.1) is 0 Å². The molecule has 0 amide bonds. The first-order valence-electron chi connectivity index (χ1n) is 7.87. The van der Waals surface area contributed by atoms with Crippen molar-refractivity contribution < 1.29 is 4.74 Å². The third-order valence-electron chi connectivity index (χ3n) is 4.36. The average Bonchev–Trinajstić information content (AvgIpc) is 2.90. The zero-order valence-corrected chi connectivity index (χ0v) is 13.3. The van der Waals surface area contributed by atoms with Gasteiger partial charge in [0.05, 0.1) is 12.8 Å². The molecule has 0 radical (unpaired) electrons. The van der Waals surface area contributed by atoms with Crippen LogP contribution in [0.15, 0.2) is 30.3 Å². The van der Waals surface area contributed by atoms with Gasteiger partial charge in [-0.1, -0.05) is 19.1 Å². The van der Waals surface area contributed by atoms with Gasteiger partial charge in [0, 0.05) is 12.6 Å². The molecule has 1 aliphatic rings. The minimum absolute atomic E-state index is 0.643. The molecular formula is C17H24N4O. The number of nitrogen functional groups attached to an aromatic ring is 1. The Labute approximate surface area is 131 Å². The average molecular weight is 300 g/mol. The highest BCUT2D eigenvalue weighted by molar-refractivity contribution is 5.51. The molecule has 1 aromatic heterocycles.